The number of aliphatic hydroxyl groups is 1. The van der Waals surface area contributed by atoms with Crippen LogP contribution in [0.25, 0.3) is 11.1 Å². The summed E-state index contributed by atoms with van der Waals surface area (Å²) in [5.41, 5.74) is 3.51. The van der Waals surface area contributed by atoms with E-state index in [1.165, 1.54) is 11.8 Å². The van der Waals surface area contributed by atoms with Crippen molar-refractivity contribution in [1.29, 1.82) is 0 Å². The Bertz CT molecular complexity index is 807. The molecule has 1 aromatic heterocycles. The molecule has 2 aromatic rings. The van der Waals surface area contributed by atoms with Crippen LogP contribution in [0.3, 0.4) is 0 Å². The number of anilines is 1. The molecule has 1 aliphatic heterocycles. The Morgan fingerprint density at radius 3 is 2.60 bits per heavy atom. The summed E-state index contributed by atoms with van der Waals surface area (Å²) in [6.45, 7) is 4.43. The number of aromatic nitrogens is 1. The van der Waals surface area contributed by atoms with Crippen molar-refractivity contribution in [3.63, 3.8) is 0 Å². The van der Waals surface area contributed by atoms with Crippen LogP contribution in [0.2, 0.25) is 0 Å². The Kier molecular flexibility index (Phi) is 4.98. The molecule has 0 radical (unpaired) electrons. The van der Waals surface area contributed by atoms with E-state index in [0.29, 0.717) is 18.0 Å². The number of hydrogen-bond donors (Lipinski definition) is 1. The van der Waals surface area contributed by atoms with Crippen LogP contribution in [0.5, 0.6) is 0 Å². The monoisotopic (exact) mass is 334 g/mol. The van der Waals surface area contributed by atoms with Gasteiger partial charge in [-0.15, -0.1) is 0 Å². The van der Waals surface area contributed by atoms with E-state index in [4.69, 9.17) is 0 Å². The summed E-state index contributed by atoms with van der Waals surface area (Å²) in [6, 6.07) is 12.5. The Hall–Kier alpha value is -2.88. The van der Waals surface area contributed by atoms with Gasteiger partial charge in [0, 0.05) is 18.6 Å². The SMILES string of the molecule is CC(C)Cc1ccc(-c2ccnc(N3C=CC(C=O)C(O)=C3)c2)cc1. The second kappa shape index (κ2) is 7.34. The highest BCUT2D eigenvalue weighted by Gasteiger charge is 2.16. The first-order valence-electron chi connectivity index (χ1n) is 8.45. The second-order valence-electron chi connectivity index (χ2n) is 6.66. The molecule has 0 spiro atoms. The zero-order valence-corrected chi connectivity index (χ0v) is 14.5. The number of rotatable bonds is 5. The minimum atomic E-state index is -0.576. The van der Waals surface area contributed by atoms with Gasteiger partial charge in [0.2, 0.25) is 0 Å². The Labute approximate surface area is 148 Å². The van der Waals surface area contributed by atoms with E-state index in [1.54, 1.807) is 23.4 Å². The number of benzene rings is 1. The summed E-state index contributed by atoms with van der Waals surface area (Å²) >= 11 is 0. The lowest BCUT2D eigenvalue weighted by molar-refractivity contribution is -0.109. The van der Waals surface area contributed by atoms with E-state index in [0.717, 1.165) is 17.5 Å². The molecule has 1 N–H and O–H groups in total. The zero-order valence-electron chi connectivity index (χ0n) is 14.5. The van der Waals surface area contributed by atoms with Gasteiger partial charge in [-0.2, -0.15) is 0 Å². The third kappa shape index (κ3) is 3.97. The summed E-state index contributed by atoms with van der Waals surface area (Å²) in [7, 11) is 0. The molecule has 3 rings (SSSR count). The van der Waals surface area contributed by atoms with Crippen molar-refractivity contribution in [2.45, 2.75) is 20.3 Å². The topological polar surface area (TPSA) is 53.4 Å². The van der Waals surface area contributed by atoms with E-state index in [9.17, 15) is 9.90 Å². The van der Waals surface area contributed by atoms with Crippen LogP contribution in [0.15, 0.2) is 66.8 Å². The molecule has 0 saturated carbocycles. The van der Waals surface area contributed by atoms with E-state index < -0.39 is 5.92 Å². The molecule has 2 heterocycles. The van der Waals surface area contributed by atoms with Gasteiger partial charge in [-0.05, 0) is 41.2 Å². The summed E-state index contributed by atoms with van der Waals surface area (Å²) in [5, 5.41) is 9.90. The first-order chi connectivity index (χ1) is 12.1. The van der Waals surface area contributed by atoms with Gasteiger partial charge in [0.15, 0.2) is 0 Å². The number of carbonyl (C=O) groups excluding carboxylic acids is 1. The normalized spacial score (nSPS) is 16.8. The third-order valence-electron chi connectivity index (χ3n) is 4.15. The lowest BCUT2D eigenvalue weighted by atomic mass is 9.99. The lowest BCUT2D eigenvalue weighted by Gasteiger charge is -2.21. The molecular weight excluding hydrogens is 312 g/mol. The van der Waals surface area contributed by atoms with Gasteiger partial charge in [0.25, 0.3) is 0 Å². The van der Waals surface area contributed by atoms with Crippen LogP contribution < -0.4 is 4.90 Å². The average molecular weight is 334 g/mol. The van der Waals surface area contributed by atoms with Crippen molar-refractivity contribution in [3.05, 3.63) is 72.4 Å². The van der Waals surface area contributed by atoms with E-state index in [1.807, 2.05) is 12.1 Å². The average Bonchev–Trinajstić information content (AvgIpc) is 2.62. The molecule has 1 unspecified atom stereocenters. The van der Waals surface area contributed by atoms with Crippen LogP contribution in [-0.2, 0) is 11.2 Å². The van der Waals surface area contributed by atoms with Crippen molar-refractivity contribution < 1.29 is 9.90 Å². The molecule has 128 valence electrons. The first-order valence-corrected chi connectivity index (χ1v) is 8.45. The third-order valence-corrected chi connectivity index (χ3v) is 4.15. The van der Waals surface area contributed by atoms with Crippen LogP contribution in [-0.4, -0.2) is 16.4 Å². The molecule has 0 saturated heterocycles. The first kappa shape index (κ1) is 17.0. The maximum Gasteiger partial charge on any atom is 0.137 e. The molecule has 1 aromatic carbocycles. The predicted molar refractivity (Wildman–Crippen MR) is 100 cm³/mol. The number of aliphatic hydroxyl groups excluding tert-OH is 1. The number of pyridine rings is 1. The van der Waals surface area contributed by atoms with Gasteiger partial charge in [-0.1, -0.05) is 44.2 Å². The minimum Gasteiger partial charge on any atom is -0.510 e. The molecule has 1 atom stereocenters. The fraction of sp³-hybridized carbons (Fsp3) is 0.238. The molecule has 1 aliphatic rings. The molecule has 25 heavy (non-hydrogen) atoms. The molecule has 0 bridgehead atoms. The summed E-state index contributed by atoms with van der Waals surface area (Å²) in [5.74, 6) is 0.769. The van der Waals surface area contributed by atoms with Crippen LogP contribution in [0.4, 0.5) is 5.82 Å². The number of nitrogens with zero attached hydrogens (tertiary/aromatic N) is 2. The van der Waals surface area contributed by atoms with Gasteiger partial charge in [-0.3, -0.25) is 0 Å². The maximum atomic E-state index is 10.9. The molecule has 4 heteroatoms. The van der Waals surface area contributed by atoms with Crippen molar-refractivity contribution in [2.75, 3.05) is 4.90 Å². The smallest absolute Gasteiger partial charge is 0.137 e. The Morgan fingerprint density at radius 2 is 1.96 bits per heavy atom. The van der Waals surface area contributed by atoms with Crippen molar-refractivity contribution in [3.8, 4) is 11.1 Å². The fourth-order valence-electron chi connectivity index (χ4n) is 2.86. The second-order valence-corrected chi connectivity index (χ2v) is 6.66. The highest BCUT2D eigenvalue weighted by Crippen LogP contribution is 2.26. The number of allylic oxidation sites excluding steroid dienone is 1. The number of aldehydes is 1. The van der Waals surface area contributed by atoms with E-state index in [2.05, 4.69) is 43.1 Å². The van der Waals surface area contributed by atoms with Gasteiger partial charge in [0.1, 0.15) is 17.9 Å². The van der Waals surface area contributed by atoms with Gasteiger partial charge >= 0.3 is 0 Å². The van der Waals surface area contributed by atoms with Gasteiger partial charge < -0.3 is 14.8 Å². The van der Waals surface area contributed by atoms with Crippen molar-refractivity contribution >= 4 is 12.1 Å². The largest absolute Gasteiger partial charge is 0.510 e. The standard InChI is InChI=1S/C21H22N2O2/c1-15(2)11-16-3-5-17(6-4-16)18-7-9-22-21(12-18)23-10-8-19(14-24)20(25)13-23/h3-10,12-15,19,25H,11H2,1-2H3. The Balaban J connectivity index is 1.84. The fourth-order valence-corrected chi connectivity index (χ4v) is 2.86. The predicted octanol–water partition coefficient (Wildman–Crippen LogP) is 4.50. The lowest BCUT2D eigenvalue weighted by Crippen LogP contribution is -2.18. The zero-order chi connectivity index (χ0) is 17.8. The molecule has 0 aliphatic carbocycles. The van der Waals surface area contributed by atoms with Crippen LogP contribution in [0, 0.1) is 11.8 Å². The maximum absolute atomic E-state index is 10.9. The van der Waals surface area contributed by atoms with Gasteiger partial charge in [-0.25, -0.2) is 4.98 Å². The summed E-state index contributed by atoms with van der Waals surface area (Å²) in [6.07, 6.45) is 8.45. The molecule has 0 fully saturated rings. The summed E-state index contributed by atoms with van der Waals surface area (Å²) in [4.78, 5) is 16.9. The quantitative estimate of drug-likeness (QED) is 0.818. The minimum absolute atomic E-state index is 0.0164. The molecule has 0 amide bonds. The van der Waals surface area contributed by atoms with Gasteiger partial charge in [0.05, 0.1) is 5.92 Å². The highest BCUT2D eigenvalue weighted by molar-refractivity contribution is 5.69. The van der Waals surface area contributed by atoms with Crippen LogP contribution >= 0.6 is 0 Å². The van der Waals surface area contributed by atoms with E-state index in [-0.39, 0.29) is 5.76 Å². The Morgan fingerprint density at radius 1 is 1.20 bits per heavy atom. The highest BCUT2D eigenvalue weighted by atomic mass is 16.3. The number of hydrogen-bond acceptors (Lipinski definition) is 4. The molecule has 4 nitrogen and oxygen atoms in total. The molecular formula is C21H22N2O2. The van der Waals surface area contributed by atoms with Crippen molar-refractivity contribution in [1.82, 2.24) is 4.98 Å². The van der Waals surface area contributed by atoms with E-state index >= 15 is 0 Å². The number of carbonyl (C=O) groups is 1. The van der Waals surface area contributed by atoms with Crippen LogP contribution in [0.1, 0.15) is 19.4 Å². The van der Waals surface area contributed by atoms with Crippen molar-refractivity contribution in [2.24, 2.45) is 11.8 Å². The summed E-state index contributed by atoms with van der Waals surface area (Å²) < 4.78 is 0.